The second kappa shape index (κ2) is 8.02. The van der Waals surface area contributed by atoms with Gasteiger partial charge in [-0.05, 0) is 54.2 Å². The van der Waals surface area contributed by atoms with Crippen LogP contribution in [0.1, 0.15) is 47.8 Å². The molecule has 0 fully saturated rings. The number of amides is 1. The first-order valence-corrected chi connectivity index (χ1v) is 10.3. The first-order chi connectivity index (χ1) is 13.2. The summed E-state index contributed by atoms with van der Waals surface area (Å²) in [4.78, 5) is 18.0. The largest absolute Gasteiger partial charge is 0.383 e. The van der Waals surface area contributed by atoms with Gasteiger partial charge in [-0.3, -0.25) is 4.79 Å². The average molecular weight is 397 g/mol. The van der Waals surface area contributed by atoms with E-state index in [2.05, 4.69) is 56.3 Å². The van der Waals surface area contributed by atoms with E-state index < -0.39 is 0 Å². The normalized spacial score (nSPS) is 12.7. The zero-order chi connectivity index (χ0) is 20.5. The summed E-state index contributed by atoms with van der Waals surface area (Å²) in [5, 5.41) is 0. The van der Waals surface area contributed by atoms with Crippen LogP contribution in [-0.4, -0.2) is 24.2 Å². The van der Waals surface area contributed by atoms with E-state index in [0.717, 1.165) is 10.2 Å². The molecule has 0 bridgehead atoms. The number of nitrogens with zero attached hydrogens (tertiary/aromatic N) is 2. The third-order valence-corrected chi connectivity index (χ3v) is 5.85. The lowest BCUT2D eigenvalue weighted by atomic mass is 9.87. The number of fused-ring (bicyclic) bond motifs is 1. The Morgan fingerprint density at radius 2 is 1.82 bits per heavy atom. The van der Waals surface area contributed by atoms with E-state index in [-0.39, 0.29) is 11.3 Å². The van der Waals surface area contributed by atoms with Gasteiger partial charge < -0.3 is 9.30 Å². The maximum atomic E-state index is 12.8. The molecule has 1 aromatic heterocycles. The molecule has 0 aliphatic rings. The molecule has 0 atom stereocenters. The molecule has 0 unspecified atom stereocenters. The van der Waals surface area contributed by atoms with Crippen molar-refractivity contribution in [3.05, 3.63) is 63.5 Å². The second-order valence-electron chi connectivity index (χ2n) is 8.20. The molecule has 0 aliphatic carbocycles. The van der Waals surface area contributed by atoms with E-state index in [1.54, 1.807) is 18.4 Å². The molecular formula is C23H28N2O2S. The van der Waals surface area contributed by atoms with Crippen molar-refractivity contribution in [3.63, 3.8) is 0 Å². The van der Waals surface area contributed by atoms with E-state index in [4.69, 9.17) is 4.74 Å². The molecule has 4 nitrogen and oxygen atoms in total. The van der Waals surface area contributed by atoms with Crippen LogP contribution in [0.2, 0.25) is 0 Å². The number of carbonyl (C=O) groups is 1. The summed E-state index contributed by atoms with van der Waals surface area (Å²) in [6.07, 6.45) is 0. The number of rotatable bonds is 4. The van der Waals surface area contributed by atoms with Gasteiger partial charge in [0.15, 0.2) is 4.80 Å². The molecule has 3 aromatic rings. The fourth-order valence-electron chi connectivity index (χ4n) is 3.33. The number of hydrogen-bond donors (Lipinski definition) is 0. The highest BCUT2D eigenvalue weighted by molar-refractivity contribution is 7.16. The van der Waals surface area contributed by atoms with Gasteiger partial charge in [-0.15, -0.1) is 0 Å². The Bertz CT molecular complexity index is 1070. The quantitative estimate of drug-likeness (QED) is 0.622. The van der Waals surface area contributed by atoms with E-state index in [1.807, 2.05) is 24.3 Å². The summed E-state index contributed by atoms with van der Waals surface area (Å²) in [6.45, 7) is 11.9. The van der Waals surface area contributed by atoms with Crippen LogP contribution in [0.15, 0.2) is 41.4 Å². The van der Waals surface area contributed by atoms with Crippen molar-refractivity contribution in [2.24, 2.45) is 4.99 Å². The van der Waals surface area contributed by atoms with Gasteiger partial charge >= 0.3 is 0 Å². The highest BCUT2D eigenvalue weighted by Gasteiger charge is 2.15. The van der Waals surface area contributed by atoms with Crippen molar-refractivity contribution in [3.8, 4) is 0 Å². The first kappa shape index (κ1) is 20.5. The number of benzene rings is 2. The zero-order valence-corrected chi connectivity index (χ0v) is 18.3. The van der Waals surface area contributed by atoms with E-state index in [9.17, 15) is 4.79 Å². The van der Waals surface area contributed by atoms with Crippen LogP contribution in [0.4, 0.5) is 0 Å². The molecule has 28 heavy (non-hydrogen) atoms. The monoisotopic (exact) mass is 396 g/mol. The van der Waals surface area contributed by atoms with Gasteiger partial charge in [0.05, 0.1) is 16.8 Å². The molecule has 0 spiro atoms. The third kappa shape index (κ3) is 4.26. The van der Waals surface area contributed by atoms with Crippen LogP contribution >= 0.6 is 11.3 Å². The molecular weight excluding hydrogens is 368 g/mol. The van der Waals surface area contributed by atoms with Crippen molar-refractivity contribution in [1.29, 1.82) is 0 Å². The van der Waals surface area contributed by atoms with Gasteiger partial charge in [-0.25, -0.2) is 0 Å². The van der Waals surface area contributed by atoms with E-state index in [0.29, 0.717) is 23.5 Å². The van der Waals surface area contributed by atoms with Crippen molar-refractivity contribution in [2.45, 2.75) is 46.6 Å². The molecule has 0 aliphatic heterocycles. The Hall–Kier alpha value is -2.24. The Balaban J connectivity index is 2.07. The van der Waals surface area contributed by atoms with Crippen LogP contribution in [0.5, 0.6) is 0 Å². The molecule has 1 amide bonds. The van der Waals surface area contributed by atoms with Crippen molar-refractivity contribution in [2.75, 3.05) is 13.7 Å². The van der Waals surface area contributed by atoms with E-state index >= 15 is 0 Å². The second-order valence-corrected chi connectivity index (χ2v) is 9.21. The Morgan fingerprint density at radius 3 is 2.43 bits per heavy atom. The fourth-order valence-corrected chi connectivity index (χ4v) is 4.56. The molecule has 0 saturated carbocycles. The average Bonchev–Trinajstić information content (AvgIpc) is 2.96. The standard InChI is InChI=1S/C23H28N2O2S/c1-15-13-16(2)20-19(14-15)28-22(25(20)11-12-27-6)24-21(26)17-7-9-18(10-8-17)23(3,4)5/h7-10,13-14H,11-12H2,1-6H3. The van der Waals surface area contributed by atoms with Crippen LogP contribution in [-0.2, 0) is 16.7 Å². The first-order valence-electron chi connectivity index (χ1n) is 9.50. The summed E-state index contributed by atoms with van der Waals surface area (Å²) >= 11 is 1.55. The van der Waals surface area contributed by atoms with Crippen LogP contribution in [0.25, 0.3) is 10.2 Å². The minimum atomic E-state index is -0.215. The lowest BCUT2D eigenvalue weighted by molar-refractivity contribution is 0.0997. The van der Waals surface area contributed by atoms with Gasteiger partial charge in [-0.1, -0.05) is 50.3 Å². The Morgan fingerprint density at radius 1 is 1.14 bits per heavy atom. The summed E-state index contributed by atoms with van der Waals surface area (Å²) < 4.78 is 8.51. The lowest BCUT2D eigenvalue weighted by Gasteiger charge is -2.18. The van der Waals surface area contributed by atoms with Gasteiger partial charge in [0.25, 0.3) is 5.91 Å². The van der Waals surface area contributed by atoms with E-state index in [1.165, 1.54) is 16.7 Å². The number of thiazole rings is 1. The number of carbonyl (C=O) groups excluding carboxylic acids is 1. The van der Waals surface area contributed by atoms with Crippen LogP contribution < -0.4 is 4.80 Å². The summed E-state index contributed by atoms with van der Waals surface area (Å²) in [5.41, 5.74) is 5.39. The molecule has 148 valence electrons. The molecule has 2 aromatic carbocycles. The number of ether oxygens (including phenoxy) is 1. The SMILES string of the molecule is COCCn1c(=NC(=O)c2ccc(C(C)(C)C)cc2)sc2cc(C)cc(C)c21. The molecule has 0 saturated heterocycles. The maximum Gasteiger partial charge on any atom is 0.279 e. The highest BCUT2D eigenvalue weighted by Crippen LogP contribution is 2.24. The zero-order valence-electron chi connectivity index (χ0n) is 17.5. The predicted octanol–water partition coefficient (Wildman–Crippen LogP) is 5.00. The molecule has 3 rings (SSSR count). The number of aromatic nitrogens is 1. The summed E-state index contributed by atoms with van der Waals surface area (Å²) in [7, 11) is 1.69. The molecule has 1 heterocycles. The fraction of sp³-hybridized carbons (Fsp3) is 0.391. The molecule has 0 N–H and O–H groups in total. The molecule has 0 radical (unpaired) electrons. The van der Waals surface area contributed by atoms with Crippen molar-refractivity contribution >= 4 is 27.5 Å². The third-order valence-electron chi connectivity index (χ3n) is 4.83. The predicted molar refractivity (Wildman–Crippen MR) is 116 cm³/mol. The minimum absolute atomic E-state index is 0.0583. The smallest absolute Gasteiger partial charge is 0.279 e. The number of hydrogen-bond acceptors (Lipinski definition) is 3. The van der Waals surface area contributed by atoms with Gasteiger partial charge in [0.2, 0.25) is 0 Å². The highest BCUT2D eigenvalue weighted by atomic mass is 32.1. The maximum absolute atomic E-state index is 12.8. The summed E-state index contributed by atoms with van der Waals surface area (Å²) in [5.74, 6) is -0.215. The summed E-state index contributed by atoms with van der Waals surface area (Å²) in [6, 6.07) is 12.1. The minimum Gasteiger partial charge on any atom is -0.383 e. The van der Waals surface area contributed by atoms with Gasteiger partial charge in [0.1, 0.15) is 0 Å². The van der Waals surface area contributed by atoms with Crippen molar-refractivity contribution < 1.29 is 9.53 Å². The lowest BCUT2D eigenvalue weighted by Crippen LogP contribution is -2.20. The topological polar surface area (TPSA) is 43.6 Å². The molecule has 5 heteroatoms. The number of methoxy groups -OCH3 is 1. The van der Waals surface area contributed by atoms with Gasteiger partial charge in [-0.2, -0.15) is 4.99 Å². The van der Waals surface area contributed by atoms with Crippen molar-refractivity contribution in [1.82, 2.24) is 4.57 Å². The Labute approximate surface area is 170 Å². The van der Waals surface area contributed by atoms with Crippen LogP contribution in [0.3, 0.4) is 0 Å². The van der Waals surface area contributed by atoms with Gasteiger partial charge in [0, 0.05) is 19.2 Å². The van der Waals surface area contributed by atoms with Crippen LogP contribution in [0, 0.1) is 13.8 Å². The Kier molecular flexibility index (Phi) is 5.87. The number of aryl methyl sites for hydroxylation is 2.